The predicted octanol–water partition coefficient (Wildman–Crippen LogP) is 4.47. The molecule has 3 saturated carbocycles. The average molecular weight is 590 g/mol. The van der Waals surface area contributed by atoms with Crippen molar-refractivity contribution in [1.82, 2.24) is 20.1 Å². The number of nitrogens with zero attached hydrogens (tertiary/aromatic N) is 4. The molecule has 1 saturated heterocycles. The van der Waals surface area contributed by atoms with Gasteiger partial charge in [-0.1, -0.05) is 6.07 Å². The number of ether oxygens (including phenoxy) is 2. The van der Waals surface area contributed by atoms with E-state index in [1.54, 1.807) is 0 Å². The Morgan fingerprint density at radius 1 is 1.12 bits per heavy atom. The zero-order valence-corrected chi connectivity index (χ0v) is 25.1. The molecule has 2 atom stereocenters. The third kappa shape index (κ3) is 4.56. The maximum Gasteiger partial charge on any atom is 0.265 e. The number of hydrogen-bond acceptors (Lipinski definition) is 10. The molecule has 2 unspecified atom stereocenters. The van der Waals surface area contributed by atoms with E-state index in [0.29, 0.717) is 41.9 Å². The molecule has 4 bridgehead atoms. The quantitative estimate of drug-likeness (QED) is 0.433. The summed E-state index contributed by atoms with van der Waals surface area (Å²) >= 11 is 1.21. The zero-order chi connectivity index (χ0) is 28.5. The highest BCUT2D eigenvalue weighted by atomic mass is 32.2. The largest absolute Gasteiger partial charge is 0.374 e. The molecule has 0 radical (unpaired) electrons. The first-order valence-electron chi connectivity index (χ1n) is 15.3. The molecule has 42 heavy (non-hydrogen) atoms. The molecule has 4 fully saturated rings. The molecule has 2 aromatic heterocycles. The number of aromatic nitrogens is 2. The van der Waals surface area contributed by atoms with Crippen molar-refractivity contribution in [2.75, 3.05) is 41.5 Å². The minimum absolute atomic E-state index is 0.0283. The summed E-state index contributed by atoms with van der Waals surface area (Å²) in [4.78, 5) is 25.4. The Kier molecular flexibility index (Phi) is 6.26. The van der Waals surface area contributed by atoms with Crippen LogP contribution >= 0.6 is 11.9 Å². The molecule has 2 spiro atoms. The molecule has 8 rings (SSSR count). The standard InChI is InChI=1S/C31H39N7O3S/c1-29(2)18-20-19-37(29)27-21(28(39)36-42-26-5-3-4-23(33-26)32-14-17-40-20)6-7-24(34-27)38-15-8-25(35-38)41-16-9-22-30(10-11-30)31(22)12-13-31/h3-8,15,20,22,25,35H,9-14,16-19H2,1-2H3,(H,32,33)(H,36,39). The average Bonchev–Trinajstić information content (AvgIpc) is 3.93. The summed E-state index contributed by atoms with van der Waals surface area (Å²) in [5, 5.41) is 5.92. The van der Waals surface area contributed by atoms with Crippen LogP contribution in [0.3, 0.4) is 0 Å². The second-order valence-corrected chi connectivity index (χ2v) is 14.1. The van der Waals surface area contributed by atoms with Crippen LogP contribution in [-0.2, 0) is 9.47 Å². The minimum Gasteiger partial charge on any atom is -0.374 e. The summed E-state index contributed by atoms with van der Waals surface area (Å²) in [7, 11) is 0. The van der Waals surface area contributed by atoms with Crippen LogP contribution in [0.25, 0.3) is 0 Å². The second-order valence-electron chi connectivity index (χ2n) is 13.3. The predicted molar refractivity (Wildman–Crippen MR) is 162 cm³/mol. The fourth-order valence-electron chi connectivity index (χ4n) is 8.04. The van der Waals surface area contributed by atoms with Crippen molar-refractivity contribution in [1.29, 1.82) is 0 Å². The van der Waals surface area contributed by atoms with Gasteiger partial charge in [0.15, 0.2) is 0 Å². The van der Waals surface area contributed by atoms with Gasteiger partial charge < -0.3 is 19.7 Å². The van der Waals surface area contributed by atoms with Gasteiger partial charge in [-0.25, -0.2) is 9.97 Å². The number of carbonyl (C=O) groups excluding carboxylic acids is 1. The highest BCUT2D eigenvalue weighted by Crippen LogP contribution is 2.93. The molecule has 3 N–H and O–H groups in total. The van der Waals surface area contributed by atoms with Gasteiger partial charge in [0.2, 0.25) is 0 Å². The Hall–Kier alpha value is -2.86. The Morgan fingerprint density at radius 2 is 1.95 bits per heavy atom. The van der Waals surface area contributed by atoms with Crippen LogP contribution in [0.5, 0.6) is 0 Å². The Morgan fingerprint density at radius 3 is 2.76 bits per heavy atom. The molecule has 3 aliphatic heterocycles. The topological polar surface area (TPSA) is 104 Å². The van der Waals surface area contributed by atoms with Crippen LogP contribution in [0.1, 0.15) is 62.7 Å². The van der Waals surface area contributed by atoms with Crippen LogP contribution in [-0.4, -0.2) is 60.0 Å². The van der Waals surface area contributed by atoms with Crippen LogP contribution in [0.4, 0.5) is 17.5 Å². The van der Waals surface area contributed by atoms with Crippen molar-refractivity contribution in [2.45, 2.75) is 75.3 Å². The summed E-state index contributed by atoms with van der Waals surface area (Å²) in [6.45, 7) is 7.02. The Bertz CT molecular complexity index is 1410. The number of carbonyl (C=O) groups is 1. The third-order valence-electron chi connectivity index (χ3n) is 10.4. The lowest BCUT2D eigenvalue weighted by Gasteiger charge is -2.34. The summed E-state index contributed by atoms with van der Waals surface area (Å²) in [6.07, 6.45) is 11.6. The number of hydrogen-bond donors (Lipinski definition) is 3. The molecule has 222 valence electrons. The maximum absolute atomic E-state index is 13.6. The smallest absolute Gasteiger partial charge is 0.265 e. The van der Waals surface area contributed by atoms with Gasteiger partial charge in [-0.2, -0.15) is 5.43 Å². The number of hydrazine groups is 1. The molecule has 10 nitrogen and oxygen atoms in total. The van der Waals surface area contributed by atoms with Gasteiger partial charge in [0.05, 0.1) is 18.3 Å². The second kappa shape index (κ2) is 9.83. The molecular weight excluding hydrogens is 550 g/mol. The first-order valence-corrected chi connectivity index (χ1v) is 16.1. The van der Waals surface area contributed by atoms with Gasteiger partial charge in [-0.3, -0.25) is 14.5 Å². The first-order chi connectivity index (χ1) is 20.4. The lowest BCUT2D eigenvalue weighted by molar-refractivity contribution is 0.0624. The highest BCUT2D eigenvalue weighted by Gasteiger charge is 2.85. The van der Waals surface area contributed by atoms with Crippen molar-refractivity contribution in [3.63, 3.8) is 0 Å². The molecule has 1 amide bonds. The van der Waals surface area contributed by atoms with Gasteiger partial charge in [-0.15, -0.1) is 0 Å². The Balaban J connectivity index is 0.997. The van der Waals surface area contributed by atoms with E-state index in [2.05, 4.69) is 39.2 Å². The van der Waals surface area contributed by atoms with Crippen molar-refractivity contribution < 1.29 is 14.3 Å². The molecule has 3 aliphatic carbocycles. The van der Waals surface area contributed by atoms with Crippen molar-refractivity contribution in [3.05, 3.63) is 48.2 Å². The van der Waals surface area contributed by atoms with Gasteiger partial charge in [0, 0.05) is 43.4 Å². The number of anilines is 3. The molecule has 2 aromatic rings. The number of pyridine rings is 2. The molecule has 11 heteroatoms. The normalized spacial score (nSPS) is 28.2. The van der Waals surface area contributed by atoms with E-state index < -0.39 is 0 Å². The van der Waals surface area contributed by atoms with Crippen LogP contribution in [0.15, 0.2) is 47.6 Å². The molecule has 5 heterocycles. The van der Waals surface area contributed by atoms with E-state index in [1.165, 1.54) is 44.1 Å². The van der Waals surface area contributed by atoms with E-state index in [4.69, 9.17) is 14.5 Å². The number of rotatable bonds is 5. The van der Waals surface area contributed by atoms with E-state index in [0.717, 1.165) is 35.6 Å². The summed E-state index contributed by atoms with van der Waals surface area (Å²) in [5.41, 5.74) is 5.14. The van der Waals surface area contributed by atoms with E-state index in [-0.39, 0.29) is 23.8 Å². The van der Waals surface area contributed by atoms with Crippen LogP contribution in [0, 0.1) is 16.7 Å². The Labute approximate surface area is 251 Å². The van der Waals surface area contributed by atoms with Crippen molar-refractivity contribution in [3.8, 4) is 0 Å². The van der Waals surface area contributed by atoms with E-state index >= 15 is 0 Å². The van der Waals surface area contributed by atoms with Gasteiger partial charge in [0.1, 0.15) is 28.7 Å². The fourth-order valence-corrected chi connectivity index (χ4v) is 8.64. The highest BCUT2D eigenvalue weighted by molar-refractivity contribution is 7.97. The fraction of sp³-hybridized carbons (Fsp3) is 0.581. The maximum atomic E-state index is 13.6. The zero-order valence-electron chi connectivity index (χ0n) is 24.3. The van der Waals surface area contributed by atoms with E-state index in [9.17, 15) is 4.79 Å². The van der Waals surface area contributed by atoms with E-state index in [1.807, 2.05) is 47.6 Å². The van der Waals surface area contributed by atoms with Crippen molar-refractivity contribution >= 4 is 35.3 Å². The lowest BCUT2D eigenvalue weighted by atomic mass is 10.0. The van der Waals surface area contributed by atoms with Crippen molar-refractivity contribution in [2.24, 2.45) is 16.7 Å². The first kappa shape index (κ1) is 26.7. The minimum atomic E-state index is -0.241. The SMILES string of the molecule is CC1(C)CC2CN1c1nc(N3C=CC(OCCC4C5(CC5)C45CC5)N3)ccc1C(=O)NSc1cccc(n1)NCCO2. The third-order valence-corrected chi connectivity index (χ3v) is 11.1. The molecule has 0 aromatic carbocycles. The monoisotopic (exact) mass is 589 g/mol. The van der Waals surface area contributed by atoms with Gasteiger partial charge in [-0.05, 0) is 99.5 Å². The van der Waals surface area contributed by atoms with Crippen LogP contribution < -0.4 is 25.4 Å². The number of nitrogens with one attached hydrogen (secondary N) is 3. The molecule has 6 aliphatic rings. The number of amides is 1. The summed E-state index contributed by atoms with van der Waals surface area (Å²) in [5.74, 6) is 2.79. The number of fused-ring (bicyclic) bond motifs is 7. The summed E-state index contributed by atoms with van der Waals surface area (Å²) in [6, 6.07) is 9.47. The van der Waals surface area contributed by atoms with Crippen LogP contribution in [0.2, 0.25) is 0 Å². The lowest BCUT2D eigenvalue weighted by Crippen LogP contribution is -2.41. The molecular formula is C31H39N7O3S. The van der Waals surface area contributed by atoms with Gasteiger partial charge >= 0.3 is 0 Å². The summed E-state index contributed by atoms with van der Waals surface area (Å²) < 4.78 is 15.5. The van der Waals surface area contributed by atoms with Gasteiger partial charge in [0.25, 0.3) is 5.91 Å².